The van der Waals surface area contributed by atoms with Crippen LogP contribution in [0.5, 0.6) is 5.75 Å². The van der Waals surface area contributed by atoms with Crippen molar-refractivity contribution in [1.82, 2.24) is 9.80 Å². The average Bonchev–Trinajstić information content (AvgIpc) is 2.56. The summed E-state index contributed by atoms with van der Waals surface area (Å²) in [5.41, 5.74) is 0.973. The zero-order valence-corrected chi connectivity index (χ0v) is 13.8. The third-order valence-electron chi connectivity index (χ3n) is 4.89. The quantitative estimate of drug-likeness (QED) is 0.826. The topological polar surface area (TPSA) is 32.8 Å². The number of hydrogen-bond acceptors (Lipinski definition) is 3. The number of hydrogen-bond donors (Lipinski definition) is 0. The van der Waals surface area contributed by atoms with Crippen LogP contribution < -0.4 is 4.74 Å². The van der Waals surface area contributed by atoms with Gasteiger partial charge in [-0.2, -0.15) is 8.78 Å². The first-order valence-electron chi connectivity index (χ1n) is 8.67. The number of ether oxygens (including phenoxy) is 1. The Morgan fingerprint density at radius 2 is 1.96 bits per heavy atom. The van der Waals surface area contributed by atoms with Crippen LogP contribution in [0.15, 0.2) is 24.3 Å². The Balaban J connectivity index is 1.51. The second-order valence-electron chi connectivity index (χ2n) is 6.58. The molecule has 1 amide bonds. The van der Waals surface area contributed by atoms with E-state index in [9.17, 15) is 13.6 Å². The lowest BCUT2D eigenvalue weighted by molar-refractivity contribution is -0.136. The fraction of sp³-hybridized carbons (Fsp3) is 0.611. The predicted octanol–water partition coefficient (Wildman–Crippen LogP) is 3.26. The molecule has 0 radical (unpaired) electrons. The van der Waals surface area contributed by atoms with Gasteiger partial charge < -0.3 is 9.64 Å². The molecule has 0 atom stereocenters. The summed E-state index contributed by atoms with van der Waals surface area (Å²) >= 11 is 0. The second kappa shape index (κ2) is 7.92. The highest BCUT2D eigenvalue weighted by molar-refractivity contribution is 5.77. The van der Waals surface area contributed by atoms with E-state index in [0.717, 1.165) is 57.4 Å². The van der Waals surface area contributed by atoms with Gasteiger partial charge in [0, 0.05) is 38.6 Å². The molecule has 3 rings (SSSR count). The van der Waals surface area contributed by atoms with Crippen molar-refractivity contribution in [3.05, 3.63) is 29.8 Å². The normalized spacial score (nSPS) is 20.6. The van der Waals surface area contributed by atoms with E-state index in [4.69, 9.17) is 0 Å². The van der Waals surface area contributed by atoms with Crippen molar-refractivity contribution >= 4 is 5.91 Å². The van der Waals surface area contributed by atoms with E-state index in [0.29, 0.717) is 18.4 Å². The number of piperidine rings is 2. The van der Waals surface area contributed by atoms with Gasteiger partial charge in [-0.1, -0.05) is 12.1 Å². The largest absolute Gasteiger partial charge is 0.435 e. The molecule has 132 valence electrons. The lowest BCUT2D eigenvalue weighted by Gasteiger charge is -2.40. The minimum absolute atomic E-state index is 0.205. The average molecular weight is 338 g/mol. The molecule has 2 aliphatic rings. The molecule has 0 spiro atoms. The van der Waals surface area contributed by atoms with E-state index >= 15 is 0 Å². The van der Waals surface area contributed by atoms with Crippen LogP contribution >= 0.6 is 0 Å². The van der Waals surface area contributed by atoms with Gasteiger partial charge in [-0.15, -0.1) is 0 Å². The fourth-order valence-electron chi connectivity index (χ4n) is 3.68. The molecule has 0 bridgehead atoms. The number of halogens is 2. The molecule has 0 unspecified atom stereocenters. The van der Waals surface area contributed by atoms with E-state index in [2.05, 4.69) is 14.5 Å². The van der Waals surface area contributed by atoms with Gasteiger partial charge in [0.2, 0.25) is 5.91 Å². The van der Waals surface area contributed by atoms with Gasteiger partial charge in [-0.05, 0) is 43.4 Å². The summed E-state index contributed by atoms with van der Waals surface area (Å²) in [6.45, 7) is 0.679. The first-order valence-corrected chi connectivity index (χ1v) is 8.67. The maximum atomic E-state index is 12.3. The Morgan fingerprint density at radius 1 is 1.17 bits per heavy atom. The van der Waals surface area contributed by atoms with Crippen LogP contribution in [0.1, 0.15) is 37.7 Å². The molecule has 0 aromatic heterocycles. The minimum atomic E-state index is -2.79. The first kappa shape index (κ1) is 17.1. The molecule has 0 aliphatic carbocycles. The predicted molar refractivity (Wildman–Crippen MR) is 86.9 cm³/mol. The van der Waals surface area contributed by atoms with Crippen molar-refractivity contribution < 1.29 is 18.3 Å². The molecule has 4 nitrogen and oxygen atoms in total. The van der Waals surface area contributed by atoms with E-state index in [1.165, 1.54) is 0 Å². The summed E-state index contributed by atoms with van der Waals surface area (Å²) in [6.07, 6.45) is 4.79. The van der Waals surface area contributed by atoms with Crippen LogP contribution in [0, 0.1) is 0 Å². The summed E-state index contributed by atoms with van der Waals surface area (Å²) in [7, 11) is 0. The summed E-state index contributed by atoms with van der Waals surface area (Å²) in [5, 5.41) is 0. The smallest absolute Gasteiger partial charge is 0.387 e. The van der Waals surface area contributed by atoms with E-state index < -0.39 is 6.61 Å². The van der Waals surface area contributed by atoms with Crippen LogP contribution in [0.2, 0.25) is 0 Å². The molecule has 2 fully saturated rings. The van der Waals surface area contributed by atoms with Gasteiger partial charge in [0.1, 0.15) is 5.75 Å². The van der Waals surface area contributed by atoms with Crippen molar-refractivity contribution in [1.29, 1.82) is 0 Å². The molecule has 24 heavy (non-hydrogen) atoms. The van der Waals surface area contributed by atoms with Gasteiger partial charge in [-0.3, -0.25) is 9.69 Å². The highest BCUT2D eigenvalue weighted by atomic mass is 19.3. The monoisotopic (exact) mass is 338 g/mol. The van der Waals surface area contributed by atoms with Crippen molar-refractivity contribution in [2.24, 2.45) is 0 Å². The molecule has 2 saturated heterocycles. The zero-order valence-electron chi connectivity index (χ0n) is 13.8. The Labute approximate surface area is 141 Å². The van der Waals surface area contributed by atoms with Crippen molar-refractivity contribution in [2.45, 2.75) is 51.3 Å². The summed E-state index contributed by atoms with van der Waals surface area (Å²) in [4.78, 5) is 16.4. The van der Waals surface area contributed by atoms with Gasteiger partial charge >= 0.3 is 6.61 Å². The molecular weight excluding hydrogens is 314 g/mol. The highest BCUT2D eigenvalue weighted by Gasteiger charge is 2.29. The third-order valence-corrected chi connectivity index (χ3v) is 4.89. The van der Waals surface area contributed by atoms with Crippen molar-refractivity contribution in [3.63, 3.8) is 0 Å². The molecular formula is C18H24F2N2O2. The Kier molecular flexibility index (Phi) is 5.66. The summed E-state index contributed by atoms with van der Waals surface area (Å²) in [6, 6.07) is 7.25. The number of carbonyl (C=O) groups is 1. The maximum absolute atomic E-state index is 12.3. The number of nitrogens with zero attached hydrogens (tertiary/aromatic N) is 2. The number of benzene rings is 1. The molecule has 0 N–H and O–H groups in total. The zero-order chi connectivity index (χ0) is 16.9. The number of amides is 1. The highest BCUT2D eigenvalue weighted by Crippen LogP contribution is 2.23. The van der Waals surface area contributed by atoms with Gasteiger partial charge in [0.05, 0.1) is 0 Å². The summed E-state index contributed by atoms with van der Waals surface area (Å²) in [5.74, 6) is 0.507. The first-order chi connectivity index (χ1) is 11.6. The van der Waals surface area contributed by atoms with Crippen LogP contribution in [-0.4, -0.2) is 48.0 Å². The maximum Gasteiger partial charge on any atom is 0.387 e. The number of likely N-dealkylation sites (tertiary alicyclic amines) is 2. The van der Waals surface area contributed by atoms with Crippen LogP contribution in [0.4, 0.5) is 8.78 Å². The Hall–Kier alpha value is -1.69. The molecule has 2 aliphatic heterocycles. The van der Waals surface area contributed by atoms with Gasteiger partial charge in [0.25, 0.3) is 0 Å². The Morgan fingerprint density at radius 3 is 2.67 bits per heavy atom. The van der Waals surface area contributed by atoms with E-state index in [1.807, 2.05) is 6.07 Å². The van der Waals surface area contributed by atoms with Gasteiger partial charge in [-0.25, -0.2) is 0 Å². The standard InChI is InChI=1S/C18H24F2N2O2/c19-18(20)24-16-5-3-4-14(12-16)13-21-10-7-15(8-11-21)22-9-2-1-6-17(22)23/h3-5,12,15,18H,1-2,6-11,13H2. The third kappa shape index (κ3) is 4.44. The number of carbonyl (C=O) groups excluding carboxylic acids is 1. The van der Waals surface area contributed by atoms with Crippen LogP contribution in [0.25, 0.3) is 0 Å². The van der Waals surface area contributed by atoms with Crippen LogP contribution in [0.3, 0.4) is 0 Å². The fourth-order valence-corrected chi connectivity index (χ4v) is 3.68. The SMILES string of the molecule is O=C1CCCCN1C1CCN(Cc2cccc(OC(F)F)c2)CC1. The lowest BCUT2D eigenvalue weighted by Crippen LogP contribution is -2.48. The van der Waals surface area contributed by atoms with E-state index in [1.54, 1.807) is 18.2 Å². The minimum Gasteiger partial charge on any atom is -0.435 e. The van der Waals surface area contributed by atoms with E-state index in [-0.39, 0.29) is 5.75 Å². The van der Waals surface area contributed by atoms with Crippen molar-refractivity contribution in [2.75, 3.05) is 19.6 Å². The molecule has 1 aromatic rings. The van der Waals surface area contributed by atoms with Crippen LogP contribution in [-0.2, 0) is 11.3 Å². The second-order valence-corrected chi connectivity index (χ2v) is 6.58. The Bertz CT molecular complexity index is 560. The van der Waals surface area contributed by atoms with Gasteiger partial charge in [0.15, 0.2) is 0 Å². The lowest BCUT2D eigenvalue weighted by atomic mass is 9.99. The molecule has 1 aromatic carbocycles. The molecule has 6 heteroatoms. The molecule has 0 saturated carbocycles. The number of alkyl halides is 2. The van der Waals surface area contributed by atoms with Crippen molar-refractivity contribution in [3.8, 4) is 5.75 Å². The summed E-state index contributed by atoms with van der Waals surface area (Å²) < 4.78 is 29.1. The number of rotatable bonds is 5. The molecule has 2 heterocycles.